The SMILES string of the molecule is COc1ccc(NC(=O)[C@@H]([NH2+]CCCn2nc(C)cc2C)c2ccccc2)cc1Cl. The second kappa shape index (κ2) is 10.3. The van der Waals surface area contributed by atoms with Crippen LogP contribution in [0.5, 0.6) is 5.75 Å². The number of hydrogen-bond acceptors (Lipinski definition) is 3. The highest BCUT2D eigenvalue weighted by molar-refractivity contribution is 6.32. The molecule has 2 aromatic carbocycles. The molecule has 6 nitrogen and oxygen atoms in total. The molecule has 0 radical (unpaired) electrons. The molecule has 30 heavy (non-hydrogen) atoms. The molecule has 3 aromatic rings. The third-order valence-electron chi connectivity index (χ3n) is 4.94. The van der Waals surface area contributed by atoms with Crippen LogP contribution in [0.4, 0.5) is 5.69 Å². The zero-order valence-electron chi connectivity index (χ0n) is 17.6. The molecule has 1 aromatic heterocycles. The van der Waals surface area contributed by atoms with Crippen LogP contribution in [0.1, 0.15) is 29.4 Å². The molecule has 0 spiro atoms. The third-order valence-corrected chi connectivity index (χ3v) is 5.24. The van der Waals surface area contributed by atoms with Gasteiger partial charge in [-0.25, -0.2) is 0 Å². The van der Waals surface area contributed by atoms with E-state index in [1.54, 1.807) is 25.3 Å². The van der Waals surface area contributed by atoms with Gasteiger partial charge in [-0.15, -0.1) is 0 Å². The average molecular weight is 428 g/mol. The van der Waals surface area contributed by atoms with E-state index in [-0.39, 0.29) is 11.9 Å². The fourth-order valence-electron chi connectivity index (χ4n) is 3.45. The first-order chi connectivity index (χ1) is 14.5. The number of nitrogens with zero attached hydrogens (tertiary/aromatic N) is 2. The van der Waals surface area contributed by atoms with Gasteiger partial charge in [-0.1, -0.05) is 41.9 Å². The van der Waals surface area contributed by atoms with Crippen LogP contribution in [0.2, 0.25) is 5.02 Å². The molecule has 1 amide bonds. The van der Waals surface area contributed by atoms with Gasteiger partial charge in [-0.3, -0.25) is 9.48 Å². The first-order valence-electron chi connectivity index (χ1n) is 10.0. The molecule has 0 saturated carbocycles. The molecular formula is C23H28ClN4O2+. The number of quaternary nitrogens is 1. The number of aromatic nitrogens is 2. The van der Waals surface area contributed by atoms with E-state index < -0.39 is 0 Å². The van der Waals surface area contributed by atoms with Crippen molar-refractivity contribution in [2.75, 3.05) is 19.0 Å². The second-order valence-corrected chi connectivity index (χ2v) is 7.66. The zero-order valence-corrected chi connectivity index (χ0v) is 18.3. The number of carbonyl (C=O) groups excluding carboxylic acids is 1. The number of nitrogens with two attached hydrogens (primary N) is 1. The van der Waals surface area contributed by atoms with Crippen LogP contribution in [0, 0.1) is 13.8 Å². The maximum absolute atomic E-state index is 13.1. The Labute approximate surface area is 182 Å². The Morgan fingerprint density at radius 3 is 2.60 bits per heavy atom. The van der Waals surface area contributed by atoms with Crippen LogP contribution in [0.15, 0.2) is 54.6 Å². The number of nitrogens with one attached hydrogen (secondary N) is 1. The van der Waals surface area contributed by atoms with Gasteiger partial charge in [0.25, 0.3) is 5.91 Å². The molecular weight excluding hydrogens is 400 g/mol. The highest BCUT2D eigenvalue weighted by Gasteiger charge is 2.24. The minimum atomic E-state index is -0.354. The summed E-state index contributed by atoms with van der Waals surface area (Å²) in [5, 5.41) is 10.0. The molecule has 0 aliphatic carbocycles. The summed E-state index contributed by atoms with van der Waals surface area (Å²) in [7, 11) is 1.56. The molecule has 158 valence electrons. The lowest BCUT2D eigenvalue weighted by molar-refractivity contribution is -0.682. The topological polar surface area (TPSA) is 72.8 Å². The van der Waals surface area contributed by atoms with E-state index >= 15 is 0 Å². The van der Waals surface area contributed by atoms with Crippen LogP contribution in [0.25, 0.3) is 0 Å². The highest BCUT2D eigenvalue weighted by atomic mass is 35.5. The Hall–Kier alpha value is -2.83. The number of rotatable bonds is 9. The molecule has 0 unspecified atom stereocenters. The summed E-state index contributed by atoms with van der Waals surface area (Å²) >= 11 is 6.19. The molecule has 1 atom stereocenters. The Kier molecular flexibility index (Phi) is 7.49. The van der Waals surface area contributed by atoms with Crippen molar-refractivity contribution < 1.29 is 14.8 Å². The van der Waals surface area contributed by atoms with Crippen molar-refractivity contribution in [1.29, 1.82) is 0 Å². The Bertz CT molecular complexity index is 988. The molecule has 0 bridgehead atoms. The van der Waals surface area contributed by atoms with E-state index in [2.05, 4.69) is 28.7 Å². The molecule has 0 aliphatic rings. The van der Waals surface area contributed by atoms with E-state index in [0.29, 0.717) is 16.5 Å². The first-order valence-corrected chi connectivity index (χ1v) is 10.4. The van der Waals surface area contributed by atoms with Gasteiger partial charge in [0.15, 0.2) is 6.04 Å². The van der Waals surface area contributed by atoms with Gasteiger partial charge in [0.05, 0.1) is 24.4 Å². The lowest BCUT2D eigenvalue weighted by atomic mass is 10.1. The van der Waals surface area contributed by atoms with Crippen molar-refractivity contribution in [3.8, 4) is 5.75 Å². The number of aryl methyl sites for hydroxylation is 3. The summed E-state index contributed by atoms with van der Waals surface area (Å²) in [6.45, 7) is 5.68. The van der Waals surface area contributed by atoms with Gasteiger partial charge in [-0.2, -0.15) is 5.10 Å². The third kappa shape index (κ3) is 5.62. The fourth-order valence-corrected chi connectivity index (χ4v) is 3.70. The Morgan fingerprint density at radius 1 is 1.20 bits per heavy atom. The summed E-state index contributed by atoms with van der Waals surface area (Å²) < 4.78 is 7.19. The Morgan fingerprint density at radius 2 is 1.97 bits per heavy atom. The number of hydrogen-bond donors (Lipinski definition) is 2. The zero-order chi connectivity index (χ0) is 21.5. The largest absolute Gasteiger partial charge is 0.495 e. The Balaban J connectivity index is 1.65. The van der Waals surface area contributed by atoms with Gasteiger partial charge in [0.1, 0.15) is 5.75 Å². The molecule has 3 rings (SSSR count). The standard InChI is InChI=1S/C23H27ClN4O2/c1-16-14-17(2)28(27-16)13-7-12-25-22(18-8-5-4-6-9-18)23(29)26-19-10-11-21(30-3)20(24)15-19/h4-6,8-11,14-15,22,25H,7,12-13H2,1-3H3,(H,26,29)/p+1/t22-/m0/s1. The molecule has 0 saturated heterocycles. The van der Waals surface area contributed by atoms with Gasteiger partial charge >= 0.3 is 0 Å². The highest BCUT2D eigenvalue weighted by Crippen LogP contribution is 2.27. The van der Waals surface area contributed by atoms with Crippen LogP contribution in [-0.2, 0) is 11.3 Å². The maximum Gasteiger partial charge on any atom is 0.287 e. The summed E-state index contributed by atoms with van der Waals surface area (Å²) in [5.41, 5.74) is 3.78. The quantitative estimate of drug-likeness (QED) is 0.513. The molecule has 1 heterocycles. The molecule has 0 fully saturated rings. The monoisotopic (exact) mass is 427 g/mol. The number of amides is 1. The van der Waals surface area contributed by atoms with Crippen molar-refractivity contribution in [3.63, 3.8) is 0 Å². The smallest absolute Gasteiger partial charge is 0.287 e. The van der Waals surface area contributed by atoms with Crippen molar-refractivity contribution >= 4 is 23.2 Å². The summed E-state index contributed by atoms with van der Waals surface area (Å²) in [6.07, 6.45) is 0.910. The van der Waals surface area contributed by atoms with Crippen molar-refractivity contribution in [3.05, 3.63) is 76.6 Å². The van der Waals surface area contributed by atoms with Gasteiger partial charge in [-0.05, 0) is 38.1 Å². The lowest BCUT2D eigenvalue weighted by Gasteiger charge is -2.16. The number of halogens is 1. The van der Waals surface area contributed by atoms with E-state index in [1.807, 2.05) is 41.9 Å². The first kappa shape index (κ1) is 21.9. The van der Waals surface area contributed by atoms with E-state index in [1.165, 1.54) is 0 Å². The average Bonchev–Trinajstić information content (AvgIpc) is 3.05. The number of carbonyl (C=O) groups is 1. The van der Waals surface area contributed by atoms with Crippen molar-refractivity contribution in [1.82, 2.24) is 9.78 Å². The minimum Gasteiger partial charge on any atom is -0.495 e. The van der Waals surface area contributed by atoms with Crippen LogP contribution in [0.3, 0.4) is 0 Å². The van der Waals surface area contributed by atoms with Crippen LogP contribution in [-0.4, -0.2) is 29.3 Å². The van der Waals surface area contributed by atoms with E-state index in [0.717, 1.165) is 36.5 Å². The predicted molar refractivity (Wildman–Crippen MR) is 119 cm³/mol. The predicted octanol–water partition coefficient (Wildman–Crippen LogP) is 3.50. The number of ether oxygens (including phenoxy) is 1. The lowest BCUT2D eigenvalue weighted by Crippen LogP contribution is -2.87. The summed E-state index contributed by atoms with van der Waals surface area (Å²) in [6, 6.07) is 16.7. The summed E-state index contributed by atoms with van der Waals surface area (Å²) in [5.74, 6) is 0.485. The number of methoxy groups -OCH3 is 1. The molecule has 0 aliphatic heterocycles. The second-order valence-electron chi connectivity index (χ2n) is 7.26. The number of anilines is 1. The minimum absolute atomic E-state index is 0.0893. The van der Waals surface area contributed by atoms with Crippen LogP contribution < -0.4 is 15.4 Å². The van der Waals surface area contributed by atoms with Crippen molar-refractivity contribution in [2.45, 2.75) is 32.9 Å². The van der Waals surface area contributed by atoms with Gasteiger partial charge in [0.2, 0.25) is 0 Å². The van der Waals surface area contributed by atoms with Gasteiger partial charge < -0.3 is 15.4 Å². The molecule has 3 N–H and O–H groups in total. The van der Waals surface area contributed by atoms with E-state index in [4.69, 9.17) is 16.3 Å². The summed E-state index contributed by atoms with van der Waals surface area (Å²) in [4.78, 5) is 13.1. The van der Waals surface area contributed by atoms with Crippen LogP contribution >= 0.6 is 11.6 Å². The fraction of sp³-hybridized carbons (Fsp3) is 0.304. The van der Waals surface area contributed by atoms with Crippen molar-refractivity contribution in [2.24, 2.45) is 0 Å². The van der Waals surface area contributed by atoms with Gasteiger partial charge in [0, 0.05) is 29.9 Å². The molecule has 7 heteroatoms. The van der Waals surface area contributed by atoms with E-state index in [9.17, 15) is 4.79 Å². The normalized spacial score (nSPS) is 11.9. The maximum atomic E-state index is 13.1. The number of benzene rings is 2.